The molecule has 1 aromatic rings. The van der Waals surface area contributed by atoms with E-state index in [1.165, 1.54) is 0 Å². The van der Waals surface area contributed by atoms with Crippen LogP contribution in [0.3, 0.4) is 0 Å². The van der Waals surface area contributed by atoms with Gasteiger partial charge in [0.2, 0.25) is 0 Å². The van der Waals surface area contributed by atoms with Crippen molar-refractivity contribution < 1.29 is 0 Å². The van der Waals surface area contributed by atoms with Gasteiger partial charge in [-0.1, -0.05) is 25.4 Å². The van der Waals surface area contributed by atoms with Crippen molar-refractivity contribution in [1.82, 2.24) is 10.2 Å². The monoisotopic (exact) mass is 185 g/mol. The summed E-state index contributed by atoms with van der Waals surface area (Å²) < 4.78 is 0. The summed E-state index contributed by atoms with van der Waals surface area (Å²) in [5, 5.41) is 7.92. The molecule has 2 N–H and O–H groups in total. The van der Waals surface area contributed by atoms with Gasteiger partial charge >= 0.3 is 0 Å². The van der Waals surface area contributed by atoms with E-state index in [0.717, 1.165) is 11.1 Å². The van der Waals surface area contributed by atoms with Crippen LogP contribution in [-0.2, 0) is 0 Å². The molecule has 1 aromatic heterocycles. The lowest BCUT2D eigenvalue weighted by Gasteiger charge is -2.11. The molecule has 0 fully saturated rings. The second-order valence-corrected chi connectivity index (χ2v) is 3.43. The minimum Gasteiger partial charge on any atom is -0.382 e. The van der Waals surface area contributed by atoms with Crippen LogP contribution < -0.4 is 5.73 Å². The SMILES string of the molecule is Cc1c(N)nnc(Cl)c1C(C)C. The Labute approximate surface area is 76.9 Å². The summed E-state index contributed by atoms with van der Waals surface area (Å²) in [6.07, 6.45) is 0. The molecular weight excluding hydrogens is 174 g/mol. The third-order valence-corrected chi connectivity index (χ3v) is 2.11. The first-order chi connectivity index (χ1) is 5.54. The van der Waals surface area contributed by atoms with Crippen molar-refractivity contribution in [3.05, 3.63) is 16.3 Å². The molecule has 0 spiro atoms. The van der Waals surface area contributed by atoms with Gasteiger partial charge in [-0.25, -0.2) is 0 Å². The summed E-state index contributed by atoms with van der Waals surface area (Å²) in [7, 11) is 0. The quantitative estimate of drug-likeness (QED) is 0.730. The second kappa shape index (κ2) is 3.27. The van der Waals surface area contributed by atoms with Crippen molar-refractivity contribution in [1.29, 1.82) is 0 Å². The molecule has 0 radical (unpaired) electrons. The summed E-state index contributed by atoms with van der Waals surface area (Å²) >= 11 is 5.87. The van der Waals surface area contributed by atoms with Crippen molar-refractivity contribution in [3.8, 4) is 0 Å². The molecule has 0 bridgehead atoms. The molecule has 0 saturated heterocycles. The van der Waals surface area contributed by atoms with Gasteiger partial charge in [-0.15, -0.1) is 10.2 Å². The molecule has 0 saturated carbocycles. The molecule has 1 rings (SSSR count). The third-order valence-electron chi connectivity index (χ3n) is 1.83. The fourth-order valence-electron chi connectivity index (χ4n) is 1.19. The van der Waals surface area contributed by atoms with Gasteiger partial charge in [-0.05, 0) is 18.4 Å². The smallest absolute Gasteiger partial charge is 0.155 e. The third kappa shape index (κ3) is 1.50. The van der Waals surface area contributed by atoms with E-state index in [0.29, 0.717) is 16.9 Å². The molecule has 12 heavy (non-hydrogen) atoms. The molecule has 0 unspecified atom stereocenters. The second-order valence-electron chi connectivity index (χ2n) is 3.07. The van der Waals surface area contributed by atoms with Crippen LogP contribution in [0.15, 0.2) is 0 Å². The lowest BCUT2D eigenvalue weighted by molar-refractivity contribution is 0.832. The van der Waals surface area contributed by atoms with E-state index in [2.05, 4.69) is 24.0 Å². The summed E-state index contributed by atoms with van der Waals surface area (Å²) in [5.41, 5.74) is 7.52. The van der Waals surface area contributed by atoms with Gasteiger partial charge in [-0.2, -0.15) is 0 Å². The van der Waals surface area contributed by atoms with Gasteiger partial charge in [0, 0.05) is 5.56 Å². The van der Waals surface area contributed by atoms with E-state index >= 15 is 0 Å². The molecule has 4 heteroatoms. The zero-order valence-corrected chi connectivity index (χ0v) is 8.18. The van der Waals surface area contributed by atoms with Crippen LogP contribution in [0.1, 0.15) is 30.9 Å². The van der Waals surface area contributed by atoms with Gasteiger partial charge in [0.15, 0.2) is 5.15 Å². The number of rotatable bonds is 1. The molecule has 0 aromatic carbocycles. The largest absolute Gasteiger partial charge is 0.382 e. The predicted octanol–water partition coefficient (Wildman–Crippen LogP) is 2.14. The average molecular weight is 186 g/mol. The van der Waals surface area contributed by atoms with E-state index in [1.807, 2.05) is 6.92 Å². The van der Waals surface area contributed by atoms with Crippen LogP contribution in [-0.4, -0.2) is 10.2 Å². The highest BCUT2D eigenvalue weighted by Crippen LogP contribution is 2.27. The number of hydrogen-bond donors (Lipinski definition) is 1. The van der Waals surface area contributed by atoms with Crippen LogP contribution in [0.5, 0.6) is 0 Å². The Morgan fingerprint density at radius 3 is 2.33 bits per heavy atom. The Hall–Kier alpha value is -0.830. The van der Waals surface area contributed by atoms with Gasteiger partial charge in [0.25, 0.3) is 0 Å². The molecule has 0 aliphatic carbocycles. The number of nitrogens with zero attached hydrogens (tertiary/aromatic N) is 2. The Bertz CT molecular complexity index is 297. The lowest BCUT2D eigenvalue weighted by Crippen LogP contribution is -2.03. The Kier molecular flexibility index (Phi) is 2.52. The van der Waals surface area contributed by atoms with Crippen LogP contribution in [0.4, 0.5) is 5.82 Å². The van der Waals surface area contributed by atoms with Gasteiger partial charge in [-0.3, -0.25) is 0 Å². The van der Waals surface area contributed by atoms with Crippen molar-refractivity contribution in [2.45, 2.75) is 26.7 Å². The average Bonchev–Trinajstić information content (AvgIpc) is 1.97. The van der Waals surface area contributed by atoms with Crippen LogP contribution in [0, 0.1) is 6.92 Å². The van der Waals surface area contributed by atoms with Crippen LogP contribution in [0.25, 0.3) is 0 Å². The van der Waals surface area contributed by atoms with Crippen molar-refractivity contribution >= 4 is 17.4 Å². The van der Waals surface area contributed by atoms with Crippen LogP contribution in [0.2, 0.25) is 5.15 Å². The Morgan fingerprint density at radius 2 is 1.92 bits per heavy atom. The maximum absolute atomic E-state index is 5.87. The number of halogens is 1. The van der Waals surface area contributed by atoms with E-state index in [-0.39, 0.29) is 0 Å². The molecule has 66 valence electrons. The number of nitrogen functional groups attached to an aromatic ring is 1. The summed E-state index contributed by atoms with van der Waals surface area (Å²) in [6.45, 7) is 6.01. The molecule has 0 aliphatic heterocycles. The van der Waals surface area contributed by atoms with Gasteiger partial charge < -0.3 is 5.73 Å². The number of aromatic nitrogens is 2. The van der Waals surface area contributed by atoms with Crippen molar-refractivity contribution in [2.75, 3.05) is 5.73 Å². The zero-order valence-electron chi connectivity index (χ0n) is 7.43. The van der Waals surface area contributed by atoms with E-state index in [1.54, 1.807) is 0 Å². The first kappa shape index (κ1) is 9.26. The maximum atomic E-state index is 5.87. The fraction of sp³-hybridized carbons (Fsp3) is 0.500. The molecular formula is C8H12ClN3. The minimum absolute atomic E-state index is 0.329. The first-order valence-electron chi connectivity index (χ1n) is 3.82. The van der Waals surface area contributed by atoms with Crippen molar-refractivity contribution in [2.24, 2.45) is 0 Å². The predicted molar refractivity (Wildman–Crippen MR) is 50.3 cm³/mol. The zero-order chi connectivity index (χ0) is 9.30. The summed E-state index contributed by atoms with van der Waals surface area (Å²) in [5.74, 6) is 0.790. The van der Waals surface area contributed by atoms with E-state index in [9.17, 15) is 0 Å². The lowest BCUT2D eigenvalue weighted by atomic mass is 10.0. The normalized spacial score (nSPS) is 10.8. The Morgan fingerprint density at radius 1 is 1.33 bits per heavy atom. The van der Waals surface area contributed by atoms with Crippen molar-refractivity contribution in [3.63, 3.8) is 0 Å². The van der Waals surface area contributed by atoms with E-state index in [4.69, 9.17) is 17.3 Å². The number of anilines is 1. The van der Waals surface area contributed by atoms with E-state index < -0.39 is 0 Å². The fourth-order valence-corrected chi connectivity index (χ4v) is 1.59. The molecule has 0 amide bonds. The van der Waals surface area contributed by atoms with Crippen LogP contribution >= 0.6 is 11.6 Å². The molecule has 3 nitrogen and oxygen atoms in total. The molecule has 1 heterocycles. The van der Waals surface area contributed by atoms with Gasteiger partial charge in [0.05, 0.1) is 0 Å². The molecule has 0 atom stereocenters. The minimum atomic E-state index is 0.329. The maximum Gasteiger partial charge on any atom is 0.155 e. The highest BCUT2D eigenvalue weighted by Gasteiger charge is 2.12. The highest BCUT2D eigenvalue weighted by atomic mass is 35.5. The Balaban J connectivity index is 3.33. The molecule has 0 aliphatic rings. The highest BCUT2D eigenvalue weighted by molar-refractivity contribution is 6.30. The standard InChI is InChI=1S/C8H12ClN3/c1-4(2)6-5(3)8(10)12-11-7(6)9/h4H,1-3H3,(H2,10,12). The topological polar surface area (TPSA) is 51.8 Å². The summed E-state index contributed by atoms with van der Waals surface area (Å²) in [4.78, 5) is 0. The first-order valence-corrected chi connectivity index (χ1v) is 4.20. The number of nitrogens with two attached hydrogens (primary N) is 1. The van der Waals surface area contributed by atoms with Gasteiger partial charge in [0.1, 0.15) is 5.82 Å². The number of hydrogen-bond acceptors (Lipinski definition) is 3. The summed E-state index contributed by atoms with van der Waals surface area (Å²) in [6, 6.07) is 0.